The summed E-state index contributed by atoms with van der Waals surface area (Å²) in [4.78, 5) is 31.8. The van der Waals surface area contributed by atoms with Gasteiger partial charge in [0.05, 0.1) is 5.02 Å². The largest absolute Gasteiger partial charge is 0.506 e. The minimum atomic E-state index is -1.26. The fourth-order valence-electron chi connectivity index (χ4n) is 3.68. The first-order chi connectivity index (χ1) is 17.2. The molecular formula is C26H29ClN2O7. The molecule has 0 radical (unpaired) electrons. The Morgan fingerprint density at radius 2 is 1.53 bits per heavy atom. The lowest BCUT2D eigenvalue weighted by Crippen LogP contribution is -2.22. The van der Waals surface area contributed by atoms with Gasteiger partial charge in [-0.2, -0.15) is 0 Å². The molecule has 2 aromatic carbocycles. The summed E-state index contributed by atoms with van der Waals surface area (Å²) in [5.74, 6) is -3.31. The Bertz CT molecular complexity index is 1120. The topological polar surface area (TPSA) is 147 Å². The van der Waals surface area contributed by atoms with Gasteiger partial charge in [0.25, 0.3) is 0 Å². The van der Waals surface area contributed by atoms with Crippen LogP contribution in [0.15, 0.2) is 60.7 Å². The van der Waals surface area contributed by atoms with E-state index in [2.05, 4.69) is 34.5 Å². The summed E-state index contributed by atoms with van der Waals surface area (Å²) in [6.45, 7) is 2.22. The van der Waals surface area contributed by atoms with Crippen LogP contribution < -0.4 is 10.2 Å². The molecule has 36 heavy (non-hydrogen) atoms. The van der Waals surface area contributed by atoms with Crippen molar-refractivity contribution in [2.45, 2.75) is 25.7 Å². The predicted octanol–water partition coefficient (Wildman–Crippen LogP) is 4.00. The number of benzene rings is 2. The average Bonchev–Trinajstić information content (AvgIpc) is 2.97. The first kappa shape index (κ1) is 28.4. The molecule has 0 fully saturated rings. The van der Waals surface area contributed by atoms with Gasteiger partial charge in [-0.3, -0.25) is 0 Å². The van der Waals surface area contributed by atoms with Crippen LogP contribution in [0.2, 0.25) is 5.02 Å². The van der Waals surface area contributed by atoms with Crippen LogP contribution in [0.25, 0.3) is 0 Å². The van der Waals surface area contributed by atoms with Crippen LogP contribution in [0.4, 0.5) is 11.4 Å². The second-order valence-corrected chi connectivity index (χ2v) is 8.28. The van der Waals surface area contributed by atoms with E-state index in [-0.39, 0.29) is 5.75 Å². The van der Waals surface area contributed by atoms with Gasteiger partial charge in [-0.05, 0) is 61.6 Å². The fraction of sp³-hybridized carbons (Fsp3) is 0.269. The number of hydrogen-bond donors (Lipinski definition) is 5. The number of phenols is 1. The molecule has 192 valence electrons. The van der Waals surface area contributed by atoms with E-state index < -0.39 is 17.9 Å². The molecule has 0 saturated heterocycles. The lowest BCUT2D eigenvalue weighted by atomic mass is 10.0. The molecule has 0 aliphatic carbocycles. The third kappa shape index (κ3) is 9.44. The zero-order valence-corrected chi connectivity index (χ0v) is 20.3. The zero-order valence-electron chi connectivity index (χ0n) is 19.6. The van der Waals surface area contributed by atoms with Crippen LogP contribution in [0.1, 0.15) is 24.0 Å². The molecule has 1 aliphatic rings. The van der Waals surface area contributed by atoms with Crippen LogP contribution in [-0.4, -0.2) is 58.0 Å². The number of aromatic hydroxyl groups is 1. The Kier molecular flexibility index (Phi) is 11.5. The quantitative estimate of drug-likeness (QED) is 0.233. The maximum atomic E-state index is 10.4. The van der Waals surface area contributed by atoms with E-state index >= 15 is 0 Å². The standard InChI is InChI=1S/C22H25ClN2O3.C4H4O4/c23-18-15-20-17(14-21(18)26)10-9-16-6-1-2-7-19(16)25(20)13-4-3-11-24-12-5-8-22(27)28;5-3(6)1-2-4(7)8/h1-2,5-8,14-15,24,26H,3-4,9-13H2,(H,27,28);1-2H,(H,5,6)(H,7,8)/b8-5+;2-1-. The maximum absolute atomic E-state index is 10.4. The number of carbonyl (C=O) groups is 3. The van der Waals surface area contributed by atoms with E-state index in [0.717, 1.165) is 56.1 Å². The molecule has 3 rings (SSSR count). The number of hydrogen-bond acceptors (Lipinski definition) is 6. The number of rotatable bonds is 10. The first-order valence-corrected chi connectivity index (χ1v) is 11.7. The van der Waals surface area contributed by atoms with Crippen LogP contribution >= 0.6 is 11.6 Å². The third-order valence-corrected chi connectivity index (χ3v) is 5.56. The number of aliphatic carboxylic acids is 3. The van der Waals surface area contributed by atoms with E-state index in [1.807, 2.05) is 6.07 Å². The minimum absolute atomic E-state index is 0.130. The van der Waals surface area contributed by atoms with Crippen molar-refractivity contribution in [2.75, 3.05) is 24.5 Å². The monoisotopic (exact) mass is 516 g/mol. The molecule has 0 bridgehead atoms. The number of halogens is 1. The van der Waals surface area contributed by atoms with Gasteiger partial charge in [0, 0.05) is 42.7 Å². The number of aryl methyl sites for hydroxylation is 2. The molecule has 0 saturated carbocycles. The molecule has 1 heterocycles. The highest BCUT2D eigenvalue weighted by Crippen LogP contribution is 2.40. The number of para-hydroxylation sites is 1. The molecule has 9 nitrogen and oxygen atoms in total. The SMILES string of the molecule is O=C(O)/C=C/CNCCCCN1c2ccccc2CCc2cc(O)c(Cl)cc21.O=C(O)/C=C\C(=O)O. The second kappa shape index (κ2) is 14.6. The normalized spacial score (nSPS) is 12.4. The Labute approximate surface area is 213 Å². The molecule has 10 heteroatoms. The molecular weight excluding hydrogens is 488 g/mol. The summed E-state index contributed by atoms with van der Waals surface area (Å²) in [7, 11) is 0. The van der Waals surface area contributed by atoms with Crippen LogP contribution in [-0.2, 0) is 27.2 Å². The number of carboxylic acid groups (broad SMARTS) is 3. The summed E-state index contributed by atoms with van der Waals surface area (Å²) in [5.41, 5.74) is 4.66. The molecule has 0 amide bonds. The number of nitrogens with one attached hydrogen (secondary N) is 1. The van der Waals surface area contributed by atoms with Gasteiger partial charge in [-0.1, -0.05) is 35.9 Å². The number of unbranched alkanes of at least 4 members (excludes halogenated alkanes) is 1. The predicted molar refractivity (Wildman–Crippen MR) is 137 cm³/mol. The summed E-state index contributed by atoms with van der Waals surface area (Å²) >= 11 is 6.21. The Balaban J connectivity index is 0.000000493. The van der Waals surface area contributed by atoms with Gasteiger partial charge in [0.15, 0.2) is 0 Å². The summed E-state index contributed by atoms with van der Waals surface area (Å²) in [6.07, 6.45) is 7.62. The first-order valence-electron chi connectivity index (χ1n) is 11.3. The number of anilines is 2. The van der Waals surface area contributed by atoms with E-state index in [0.29, 0.717) is 23.7 Å². The fourth-order valence-corrected chi connectivity index (χ4v) is 3.84. The lowest BCUT2D eigenvalue weighted by molar-refractivity contribution is -0.134. The molecule has 1 aliphatic heterocycles. The lowest BCUT2D eigenvalue weighted by Gasteiger charge is -2.27. The number of carboxylic acids is 3. The van der Waals surface area contributed by atoms with Crippen LogP contribution in [0.5, 0.6) is 5.75 Å². The van der Waals surface area contributed by atoms with Crippen LogP contribution in [0.3, 0.4) is 0 Å². The van der Waals surface area contributed by atoms with E-state index in [4.69, 9.17) is 26.9 Å². The van der Waals surface area contributed by atoms with Crippen molar-refractivity contribution < 1.29 is 34.8 Å². The number of phenolic OH excluding ortho intramolecular Hbond substituents is 1. The molecule has 0 aromatic heterocycles. The third-order valence-electron chi connectivity index (χ3n) is 5.26. The van der Waals surface area contributed by atoms with Gasteiger partial charge in [-0.25, -0.2) is 14.4 Å². The number of fused-ring (bicyclic) bond motifs is 2. The van der Waals surface area contributed by atoms with Crippen molar-refractivity contribution in [1.29, 1.82) is 0 Å². The van der Waals surface area contributed by atoms with Gasteiger partial charge in [0.1, 0.15) is 5.75 Å². The molecule has 2 aromatic rings. The number of nitrogens with zero attached hydrogens (tertiary/aromatic N) is 1. The zero-order chi connectivity index (χ0) is 26.5. The van der Waals surface area contributed by atoms with Crippen molar-refractivity contribution in [1.82, 2.24) is 5.32 Å². The Hall–Kier alpha value is -3.82. The van der Waals surface area contributed by atoms with Crippen molar-refractivity contribution in [3.05, 3.63) is 76.9 Å². The highest BCUT2D eigenvalue weighted by molar-refractivity contribution is 6.32. The summed E-state index contributed by atoms with van der Waals surface area (Å²) in [5, 5.41) is 37.8. The summed E-state index contributed by atoms with van der Waals surface area (Å²) < 4.78 is 0. The highest BCUT2D eigenvalue weighted by Gasteiger charge is 2.21. The molecule has 0 unspecified atom stereocenters. The molecule has 0 spiro atoms. The van der Waals surface area contributed by atoms with Crippen molar-refractivity contribution in [3.8, 4) is 5.75 Å². The Morgan fingerprint density at radius 3 is 2.19 bits per heavy atom. The van der Waals surface area contributed by atoms with Gasteiger partial charge >= 0.3 is 17.9 Å². The smallest absolute Gasteiger partial charge is 0.328 e. The summed E-state index contributed by atoms with van der Waals surface area (Å²) in [6, 6.07) is 12.1. The molecule has 5 N–H and O–H groups in total. The van der Waals surface area contributed by atoms with E-state index in [9.17, 15) is 19.5 Å². The van der Waals surface area contributed by atoms with E-state index in [1.165, 1.54) is 11.3 Å². The second-order valence-electron chi connectivity index (χ2n) is 7.87. The molecule has 0 atom stereocenters. The minimum Gasteiger partial charge on any atom is -0.506 e. The van der Waals surface area contributed by atoms with Gasteiger partial charge < -0.3 is 30.6 Å². The average molecular weight is 517 g/mol. The van der Waals surface area contributed by atoms with Crippen molar-refractivity contribution in [2.24, 2.45) is 0 Å². The van der Waals surface area contributed by atoms with E-state index in [1.54, 1.807) is 12.1 Å². The Morgan fingerprint density at radius 1 is 0.889 bits per heavy atom. The van der Waals surface area contributed by atoms with Gasteiger partial charge in [-0.15, -0.1) is 0 Å². The van der Waals surface area contributed by atoms with Crippen LogP contribution in [0, 0.1) is 0 Å². The maximum Gasteiger partial charge on any atom is 0.328 e. The van der Waals surface area contributed by atoms with Gasteiger partial charge in [0.2, 0.25) is 0 Å². The highest BCUT2D eigenvalue weighted by atomic mass is 35.5. The van der Waals surface area contributed by atoms with Crippen molar-refractivity contribution in [3.63, 3.8) is 0 Å². The van der Waals surface area contributed by atoms with Crippen molar-refractivity contribution >= 4 is 40.9 Å².